The minimum atomic E-state index is -1.03. The number of carbonyl (C=O) groups is 2. The maximum absolute atomic E-state index is 13.0. The number of aromatic nitrogens is 1. The van der Waals surface area contributed by atoms with E-state index in [0.717, 1.165) is 29.3 Å². The molecule has 150 valence electrons. The predicted molar refractivity (Wildman–Crippen MR) is 116 cm³/mol. The van der Waals surface area contributed by atoms with E-state index in [0.29, 0.717) is 5.75 Å². The van der Waals surface area contributed by atoms with Crippen LogP contribution in [0.1, 0.15) is 29.0 Å². The molecule has 0 spiro atoms. The standard InChI is InChI=1S/C23H24N2O3S/c26-22(19(13-29)18-10-9-14-5-1-2-6-16(14)18)25-21(23(27)28)11-15-12-24-20-8-4-3-7-17(15)20/h1-8,12,18-19,21,24,29H,9-11,13H2,(H,25,26)(H,27,28)/t18?,19-,21-/m0/s1. The first-order chi connectivity index (χ1) is 14.1. The van der Waals surface area contributed by atoms with Crippen molar-refractivity contribution < 1.29 is 14.7 Å². The zero-order chi connectivity index (χ0) is 20.4. The molecule has 3 aromatic rings. The summed E-state index contributed by atoms with van der Waals surface area (Å²) in [6.45, 7) is 0. The molecule has 0 radical (unpaired) electrons. The molecule has 1 aliphatic carbocycles. The van der Waals surface area contributed by atoms with Gasteiger partial charge in [0.05, 0.1) is 5.92 Å². The number of H-pyrrole nitrogens is 1. The molecule has 1 heterocycles. The Morgan fingerprint density at radius 1 is 1.17 bits per heavy atom. The number of thiol groups is 1. The van der Waals surface area contributed by atoms with Crippen LogP contribution in [0.5, 0.6) is 0 Å². The lowest BCUT2D eigenvalue weighted by atomic mass is 9.87. The molecular weight excluding hydrogens is 384 g/mol. The van der Waals surface area contributed by atoms with Crippen molar-refractivity contribution in [3.8, 4) is 0 Å². The van der Waals surface area contributed by atoms with Gasteiger partial charge in [0.1, 0.15) is 6.04 Å². The van der Waals surface area contributed by atoms with E-state index in [4.69, 9.17) is 0 Å². The number of amides is 1. The minimum absolute atomic E-state index is 0.0752. The van der Waals surface area contributed by atoms with E-state index in [1.165, 1.54) is 11.1 Å². The van der Waals surface area contributed by atoms with Crippen LogP contribution in [-0.4, -0.2) is 33.8 Å². The van der Waals surface area contributed by atoms with Crippen molar-refractivity contribution in [3.05, 3.63) is 71.4 Å². The van der Waals surface area contributed by atoms with Crippen molar-refractivity contribution >= 4 is 35.4 Å². The fraction of sp³-hybridized carbons (Fsp3) is 0.304. The Morgan fingerprint density at radius 3 is 2.72 bits per heavy atom. The van der Waals surface area contributed by atoms with Gasteiger partial charge in [0, 0.05) is 29.3 Å². The number of rotatable bonds is 7. The van der Waals surface area contributed by atoms with Gasteiger partial charge in [0.2, 0.25) is 5.91 Å². The number of carboxylic acid groups (broad SMARTS) is 1. The largest absolute Gasteiger partial charge is 0.480 e. The number of carboxylic acids is 1. The Morgan fingerprint density at radius 2 is 1.93 bits per heavy atom. The van der Waals surface area contributed by atoms with Crippen molar-refractivity contribution in [2.75, 3.05) is 5.75 Å². The average molecular weight is 409 g/mol. The third-order valence-corrected chi connectivity index (χ3v) is 6.31. The molecule has 1 unspecified atom stereocenters. The summed E-state index contributed by atoms with van der Waals surface area (Å²) in [7, 11) is 0. The Bertz CT molecular complexity index is 1050. The van der Waals surface area contributed by atoms with Gasteiger partial charge < -0.3 is 15.4 Å². The number of benzene rings is 2. The predicted octanol–water partition coefficient (Wildman–Crippen LogP) is 3.56. The highest BCUT2D eigenvalue weighted by Crippen LogP contribution is 2.39. The molecule has 1 amide bonds. The van der Waals surface area contributed by atoms with Crippen molar-refractivity contribution in [2.45, 2.75) is 31.2 Å². The van der Waals surface area contributed by atoms with Crippen molar-refractivity contribution in [1.29, 1.82) is 0 Å². The first-order valence-corrected chi connectivity index (χ1v) is 10.5. The van der Waals surface area contributed by atoms with Crippen LogP contribution in [0, 0.1) is 5.92 Å². The second kappa shape index (κ2) is 8.33. The molecule has 3 atom stereocenters. The van der Waals surface area contributed by atoms with Crippen LogP contribution in [-0.2, 0) is 22.4 Å². The third-order valence-electron chi connectivity index (χ3n) is 5.91. The fourth-order valence-corrected chi connectivity index (χ4v) is 4.82. The Hall–Kier alpha value is -2.73. The second-order valence-electron chi connectivity index (χ2n) is 7.60. The smallest absolute Gasteiger partial charge is 0.326 e. The lowest BCUT2D eigenvalue weighted by molar-refractivity contribution is -0.142. The molecule has 0 bridgehead atoms. The summed E-state index contributed by atoms with van der Waals surface area (Å²) in [5.41, 5.74) is 4.28. The molecule has 6 heteroatoms. The van der Waals surface area contributed by atoms with Gasteiger partial charge in [-0.05, 0) is 41.5 Å². The van der Waals surface area contributed by atoms with Crippen LogP contribution in [0.25, 0.3) is 10.9 Å². The number of aromatic amines is 1. The SMILES string of the molecule is O=C(O)[C@H](Cc1c[nH]c2ccccc12)NC(=O)[C@@H](CS)C1CCc2ccccc21. The van der Waals surface area contributed by atoms with E-state index in [1.54, 1.807) is 0 Å². The summed E-state index contributed by atoms with van der Waals surface area (Å²) in [4.78, 5) is 28.1. The van der Waals surface area contributed by atoms with Crippen LogP contribution in [0.15, 0.2) is 54.7 Å². The first kappa shape index (κ1) is 19.6. The maximum atomic E-state index is 13.0. The molecule has 0 saturated heterocycles. The summed E-state index contributed by atoms with van der Waals surface area (Å²) in [6, 6.07) is 14.9. The molecule has 0 fully saturated rings. The van der Waals surface area contributed by atoms with Crippen LogP contribution < -0.4 is 5.32 Å². The number of fused-ring (bicyclic) bond motifs is 2. The Kier molecular flexibility index (Phi) is 5.62. The van der Waals surface area contributed by atoms with Crippen molar-refractivity contribution in [3.63, 3.8) is 0 Å². The van der Waals surface area contributed by atoms with Crippen LogP contribution >= 0.6 is 12.6 Å². The normalized spacial score (nSPS) is 17.6. The molecular formula is C23H24N2O3S. The van der Waals surface area contributed by atoms with Crippen molar-refractivity contribution in [1.82, 2.24) is 10.3 Å². The molecule has 29 heavy (non-hydrogen) atoms. The van der Waals surface area contributed by atoms with E-state index in [-0.39, 0.29) is 24.2 Å². The van der Waals surface area contributed by atoms with Crippen molar-refractivity contribution in [2.24, 2.45) is 5.92 Å². The van der Waals surface area contributed by atoms with E-state index in [1.807, 2.05) is 42.6 Å². The van der Waals surface area contributed by atoms with Gasteiger partial charge in [-0.2, -0.15) is 12.6 Å². The summed E-state index contributed by atoms with van der Waals surface area (Å²) in [6.07, 6.45) is 3.87. The zero-order valence-electron chi connectivity index (χ0n) is 16.0. The minimum Gasteiger partial charge on any atom is -0.480 e. The monoisotopic (exact) mass is 408 g/mol. The lowest BCUT2D eigenvalue weighted by Crippen LogP contribution is -2.46. The van der Waals surface area contributed by atoms with Gasteiger partial charge in [-0.15, -0.1) is 0 Å². The summed E-state index contributed by atoms with van der Waals surface area (Å²) >= 11 is 4.42. The van der Waals surface area contributed by atoms with Crippen LogP contribution in [0.2, 0.25) is 0 Å². The molecule has 0 aliphatic heterocycles. The molecule has 1 aromatic heterocycles. The van der Waals surface area contributed by atoms with Gasteiger partial charge in [-0.1, -0.05) is 42.5 Å². The number of hydrogen-bond donors (Lipinski definition) is 4. The number of para-hydroxylation sites is 1. The first-order valence-electron chi connectivity index (χ1n) is 9.85. The highest BCUT2D eigenvalue weighted by molar-refractivity contribution is 7.80. The number of carbonyl (C=O) groups excluding carboxylic acids is 1. The molecule has 1 aliphatic rings. The molecule has 5 nitrogen and oxygen atoms in total. The molecule has 0 saturated carbocycles. The Labute approximate surface area is 174 Å². The van der Waals surface area contributed by atoms with Gasteiger partial charge >= 0.3 is 5.97 Å². The lowest BCUT2D eigenvalue weighted by Gasteiger charge is -2.24. The number of hydrogen-bond acceptors (Lipinski definition) is 3. The summed E-state index contributed by atoms with van der Waals surface area (Å²) in [5.74, 6) is -1.18. The number of aliphatic carboxylic acids is 1. The molecule has 3 N–H and O–H groups in total. The fourth-order valence-electron chi connectivity index (χ4n) is 4.40. The Balaban J connectivity index is 1.52. The zero-order valence-corrected chi connectivity index (χ0v) is 16.9. The third kappa shape index (κ3) is 3.90. The highest BCUT2D eigenvalue weighted by Gasteiger charge is 2.35. The highest BCUT2D eigenvalue weighted by atomic mass is 32.1. The summed E-state index contributed by atoms with van der Waals surface area (Å²) in [5, 5.41) is 13.5. The van der Waals surface area contributed by atoms with Gasteiger partial charge in [-0.3, -0.25) is 4.79 Å². The quantitative estimate of drug-likeness (QED) is 0.451. The number of aryl methyl sites for hydroxylation is 1. The van der Waals surface area contributed by atoms with Crippen LogP contribution in [0.4, 0.5) is 0 Å². The van der Waals surface area contributed by atoms with Crippen LogP contribution in [0.3, 0.4) is 0 Å². The maximum Gasteiger partial charge on any atom is 0.326 e. The molecule has 2 aromatic carbocycles. The summed E-state index contributed by atoms with van der Waals surface area (Å²) < 4.78 is 0. The van der Waals surface area contributed by atoms with E-state index in [2.05, 4.69) is 35.1 Å². The van der Waals surface area contributed by atoms with Gasteiger partial charge in [0.15, 0.2) is 0 Å². The topological polar surface area (TPSA) is 82.2 Å². The second-order valence-corrected chi connectivity index (χ2v) is 7.96. The van der Waals surface area contributed by atoms with Gasteiger partial charge in [-0.25, -0.2) is 4.79 Å². The number of nitrogens with one attached hydrogen (secondary N) is 2. The molecule has 4 rings (SSSR count). The van der Waals surface area contributed by atoms with E-state index in [9.17, 15) is 14.7 Å². The van der Waals surface area contributed by atoms with Gasteiger partial charge in [0.25, 0.3) is 0 Å². The average Bonchev–Trinajstić information content (AvgIpc) is 3.33. The van der Waals surface area contributed by atoms with E-state index >= 15 is 0 Å². The van der Waals surface area contributed by atoms with E-state index < -0.39 is 12.0 Å².